The summed E-state index contributed by atoms with van der Waals surface area (Å²) in [7, 11) is 5.46. The molecular weight excluding hydrogens is 340 g/mol. The third kappa shape index (κ3) is 1.73. The summed E-state index contributed by atoms with van der Waals surface area (Å²) in [5.41, 5.74) is 3.51. The number of fused-ring (bicyclic) bond motifs is 3. The third-order valence-electron chi connectivity index (χ3n) is 8.03. The molecule has 5 nitrogen and oxygen atoms in total. The van der Waals surface area contributed by atoms with Gasteiger partial charge in [0.25, 0.3) is 0 Å². The molecule has 0 radical (unpaired) electrons. The summed E-state index contributed by atoms with van der Waals surface area (Å²) < 4.78 is 11.0. The van der Waals surface area contributed by atoms with Crippen molar-refractivity contribution in [2.24, 2.45) is 11.8 Å². The first-order valence-electron chi connectivity index (χ1n) is 9.95. The first kappa shape index (κ1) is 17.1. The number of benzene rings is 1. The van der Waals surface area contributed by atoms with Crippen LogP contribution in [0, 0.1) is 11.8 Å². The molecular formula is C22H28N2O3. The topological polar surface area (TPSA) is 42.0 Å². The number of likely N-dealkylation sites (N-methyl/N-ethyl adjacent to an activating group) is 1. The fourth-order valence-electron chi connectivity index (χ4n) is 7.06. The number of ether oxygens (including phenoxy) is 2. The second-order valence-electron chi connectivity index (χ2n) is 8.41. The summed E-state index contributed by atoms with van der Waals surface area (Å²) in [6.45, 7) is 4.08. The molecule has 5 heteroatoms. The fraction of sp³-hybridized carbons (Fsp3) is 0.591. The zero-order valence-corrected chi connectivity index (χ0v) is 16.6. The van der Waals surface area contributed by atoms with E-state index in [1.807, 2.05) is 6.07 Å². The molecule has 1 aromatic rings. The van der Waals surface area contributed by atoms with E-state index in [-0.39, 0.29) is 28.9 Å². The minimum Gasteiger partial charge on any atom is -0.497 e. The van der Waals surface area contributed by atoms with Crippen LogP contribution in [0.25, 0.3) is 0 Å². The number of hydrogen-bond donors (Lipinski definition) is 0. The zero-order valence-electron chi connectivity index (χ0n) is 16.6. The highest BCUT2D eigenvalue weighted by atomic mass is 16.5. The molecule has 0 amide bonds. The molecule has 3 saturated heterocycles. The van der Waals surface area contributed by atoms with E-state index in [1.54, 1.807) is 7.11 Å². The molecule has 5 aliphatic rings. The third-order valence-corrected chi connectivity index (χ3v) is 8.03. The van der Waals surface area contributed by atoms with Crippen LogP contribution < -0.4 is 9.64 Å². The van der Waals surface area contributed by atoms with E-state index >= 15 is 0 Å². The van der Waals surface area contributed by atoms with Crippen molar-refractivity contribution < 1.29 is 14.3 Å². The van der Waals surface area contributed by atoms with Crippen molar-refractivity contribution in [3.8, 4) is 5.75 Å². The molecule has 4 fully saturated rings. The average molecular weight is 368 g/mol. The van der Waals surface area contributed by atoms with Crippen LogP contribution in [0.1, 0.15) is 31.7 Å². The second kappa shape index (κ2) is 5.51. The van der Waals surface area contributed by atoms with E-state index in [1.165, 1.54) is 23.9 Å². The Kier molecular flexibility index (Phi) is 3.49. The molecule has 4 bridgehead atoms. The quantitative estimate of drug-likeness (QED) is 0.593. The minimum atomic E-state index is -0.244. The average Bonchev–Trinajstić information content (AvgIpc) is 3.03. The molecule has 27 heavy (non-hydrogen) atoms. The summed E-state index contributed by atoms with van der Waals surface area (Å²) >= 11 is 0. The largest absolute Gasteiger partial charge is 0.497 e. The van der Waals surface area contributed by atoms with Crippen molar-refractivity contribution in [2.75, 3.05) is 39.3 Å². The van der Waals surface area contributed by atoms with E-state index in [0.29, 0.717) is 0 Å². The lowest BCUT2D eigenvalue weighted by Gasteiger charge is -2.54. The predicted molar refractivity (Wildman–Crippen MR) is 104 cm³/mol. The summed E-state index contributed by atoms with van der Waals surface area (Å²) in [6.07, 6.45) is 5.34. The van der Waals surface area contributed by atoms with Gasteiger partial charge in [0.05, 0.1) is 20.1 Å². The van der Waals surface area contributed by atoms with Gasteiger partial charge in [0.15, 0.2) is 0 Å². The monoisotopic (exact) mass is 368 g/mol. The first-order valence-corrected chi connectivity index (χ1v) is 9.95. The Hall–Kier alpha value is -2.01. The Morgan fingerprint density at radius 3 is 2.81 bits per heavy atom. The van der Waals surface area contributed by atoms with Crippen LogP contribution in [0.2, 0.25) is 0 Å². The maximum Gasteiger partial charge on any atom is 0.310 e. The number of methoxy groups -OCH3 is 2. The molecule has 4 heterocycles. The Labute approximate surface area is 160 Å². The van der Waals surface area contributed by atoms with E-state index in [9.17, 15) is 4.79 Å². The molecule has 6 rings (SSSR count). The molecule has 0 aromatic heterocycles. The summed E-state index contributed by atoms with van der Waals surface area (Å²) in [5, 5.41) is 0. The Morgan fingerprint density at radius 1 is 1.30 bits per heavy atom. The SMILES string of the molecule is C/C=C1/CN2CC[C@@]34c5cc(OC)ccc5N(C)[C@@]23CC[C@H]1[C@H]4C(=O)OC. The minimum absolute atomic E-state index is 0.0590. The van der Waals surface area contributed by atoms with E-state index in [4.69, 9.17) is 9.47 Å². The lowest BCUT2D eigenvalue weighted by Crippen LogP contribution is -2.66. The van der Waals surface area contributed by atoms with Gasteiger partial charge in [-0.25, -0.2) is 0 Å². The standard InChI is InChI=1S/C22H28N2O3/c1-5-14-13-24-11-10-21-17-12-15(26-3)6-7-18(17)23(2)22(21,24)9-8-16(14)19(21)20(25)27-4/h5-7,12,16,19H,8-11,13H2,1-4H3/b14-5-/t16-,19+,21+,22+/m1/s1. The van der Waals surface area contributed by atoms with Crippen LogP contribution in [-0.4, -0.2) is 50.9 Å². The van der Waals surface area contributed by atoms with Crippen LogP contribution in [0.3, 0.4) is 0 Å². The molecule has 1 saturated carbocycles. The number of anilines is 1. The lowest BCUT2D eigenvalue weighted by molar-refractivity contribution is -0.154. The van der Waals surface area contributed by atoms with Crippen molar-refractivity contribution in [3.63, 3.8) is 0 Å². The molecule has 1 spiro atoms. The maximum atomic E-state index is 13.2. The maximum absolute atomic E-state index is 13.2. The van der Waals surface area contributed by atoms with E-state index < -0.39 is 0 Å². The highest BCUT2D eigenvalue weighted by Gasteiger charge is 2.75. The number of carbonyl (C=O) groups is 1. The van der Waals surface area contributed by atoms with Gasteiger partial charge in [-0.05, 0) is 55.9 Å². The number of rotatable bonds is 2. The number of esters is 1. The van der Waals surface area contributed by atoms with Crippen LogP contribution in [0.15, 0.2) is 29.8 Å². The van der Waals surface area contributed by atoms with Gasteiger partial charge in [-0.3, -0.25) is 9.69 Å². The Balaban J connectivity index is 1.84. The fourth-order valence-corrected chi connectivity index (χ4v) is 7.06. The van der Waals surface area contributed by atoms with Crippen molar-refractivity contribution in [1.29, 1.82) is 0 Å². The van der Waals surface area contributed by atoms with Gasteiger partial charge in [0.2, 0.25) is 0 Å². The highest BCUT2D eigenvalue weighted by molar-refractivity contribution is 5.82. The van der Waals surface area contributed by atoms with Gasteiger partial charge in [-0.2, -0.15) is 0 Å². The molecule has 1 aromatic carbocycles. The zero-order chi connectivity index (χ0) is 19.0. The Bertz CT molecular complexity index is 850. The van der Waals surface area contributed by atoms with Crippen molar-refractivity contribution in [3.05, 3.63) is 35.4 Å². The molecule has 4 aliphatic heterocycles. The summed E-state index contributed by atoms with van der Waals surface area (Å²) in [5.74, 6) is 0.912. The van der Waals surface area contributed by atoms with Crippen molar-refractivity contribution in [1.82, 2.24) is 4.90 Å². The van der Waals surface area contributed by atoms with Crippen LogP contribution in [0.5, 0.6) is 5.75 Å². The molecule has 5 atom stereocenters. The number of carbonyl (C=O) groups excluding carboxylic acids is 1. The molecule has 1 unspecified atom stereocenters. The van der Waals surface area contributed by atoms with Gasteiger partial charge in [0, 0.05) is 31.2 Å². The van der Waals surface area contributed by atoms with E-state index in [2.05, 4.69) is 42.0 Å². The van der Waals surface area contributed by atoms with Gasteiger partial charge in [-0.1, -0.05) is 11.6 Å². The number of allylic oxidation sites excluding steroid dienone is 1. The van der Waals surface area contributed by atoms with Crippen molar-refractivity contribution >= 4 is 11.7 Å². The smallest absolute Gasteiger partial charge is 0.310 e. The summed E-state index contributed by atoms with van der Waals surface area (Å²) in [6, 6.07) is 6.38. The number of nitrogens with zero attached hydrogens (tertiary/aromatic N) is 2. The molecule has 0 N–H and O–H groups in total. The van der Waals surface area contributed by atoms with Gasteiger partial charge >= 0.3 is 5.97 Å². The molecule has 144 valence electrons. The Morgan fingerprint density at radius 2 is 2.11 bits per heavy atom. The van der Waals surface area contributed by atoms with E-state index in [0.717, 1.165) is 38.1 Å². The normalized spacial score (nSPS) is 39.9. The van der Waals surface area contributed by atoms with Gasteiger partial charge < -0.3 is 14.4 Å². The second-order valence-corrected chi connectivity index (χ2v) is 8.41. The van der Waals surface area contributed by atoms with Gasteiger partial charge in [-0.15, -0.1) is 0 Å². The van der Waals surface area contributed by atoms with Crippen LogP contribution in [-0.2, 0) is 14.9 Å². The highest BCUT2D eigenvalue weighted by Crippen LogP contribution is 2.69. The predicted octanol–water partition coefficient (Wildman–Crippen LogP) is 2.94. The first-order chi connectivity index (χ1) is 13.0. The lowest BCUT2D eigenvalue weighted by atomic mass is 9.54. The van der Waals surface area contributed by atoms with Gasteiger partial charge in [0.1, 0.15) is 11.4 Å². The van der Waals surface area contributed by atoms with Crippen LogP contribution >= 0.6 is 0 Å². The molecule has 1 aliphatic carbocycles. The van der Waals surface area contributed by atoms with Crippen LogP contribution in [0.4, 0.5) is 5.69 Å². The summed E-state index contributed by atoms with van der Waals surface area (Å²) in [4.78, 5) is 18.3. The number of hydrogen-bond acceptors (Lipinski definition) is 5. The van der Waals surface area contributed by atoms with Crippen molar-refractivity contribution in [2.45, 2.75) is 37.3 Å².